The second-order valence-corrected chi connectivity index (χ2v) is 6.36. The summed E-state index contributed by atoms with van der Waals surface area (Å²) < 4.78 is 22.3. The lowest BCUT2D eigenvalue weighted by molar-refractivity contribution is 0.0600. The van der Waals surface area contributed by atoms with Gasteiger partial charge in [-0.3, -0.25) is 13.8 Å². The Morgan fingerprint density at radius 3 is 2.72 bits per heavy atom. The van der Waals surface area contributed by atoms with Crippen LogP contribution in [0.1, 0.15) is 23.1 Å². The number of anilines is 1. The monoisotopic (exact) mass is 395 g/mol. The molecule has 29 heavy (non-hydrogen) atoms. The van der Waals surface area contributed by atoms with Crippen molar-refractivity contribution in [3.05, 3.63) is 70.0 Å². The van der Waals surface area contributed by atoms with Gasteiger partial charge in [-0.1, -0.05) is 12.1 Å². The molecule has 0 spiro atoms. The number of fused-ring (bicyclic) bond motifs is 3. The van der Waals surface area contributed by atoms with Crippen LogP contribution in [-0.4, -0.2) is 32.2 Å². The standard InChI is InChI=1S/C20H18FN5O3/c1-3-25-18(27)13-6-4-5-7-16(13)26-17(23-24-20(25)26)11-22-15-9-8-12(10-14(15)21)19(28)29-2/h4-10,22H,3,11H2,1-2H3. The zero-order valence-corrected chi connectivity index (χ0v) is 15.8. The van der Waals surface area contributed by atoms with Crippen molar-refractivity contribution in [2.24, 2.45) is 0 Å². The summed E-state index contributed by atoms with van der Waals surface area (Å²) in [5.74, 6) is -0.246. The minimum atomic E-state index is -0.608. The molecule has 0 atom stereocenters. The van der Waals surface area contributed by atoms with Gasteiger partial charge in [0.2, 0.25) is 5.78 Å². The van der Waals surface area contributed by atoms with Crippen LogP contribution in [-0.2, 0) is 17.8 Å². The molecule has 2 aromatic carbocycles. The maximum atomic E-state index is 14.4. The Morgan fingerprint density at radius 1 is 1.21 bits per heavy atom. The minimum Gasteiger partial charge on any atom is -0.465 e. The van der Waals surface area contributed by atoms with Gasteiger partial charge >= 0.3 is 5.97 Å². The van der Waals surface area contributed by atoms with Crippen LogP contribution in [0.15, 0.2) is 47.3 Å². The van der Waals surface area contributed by atoms with Gasteiger partial charge in [-0.25, -0.2) is 9.18 Å². The third kappa shape index (κ3) is 3.10. The van der Waals surface area contributed by atoms with E-state index >= 15 is 0 Å². The third-order valence-corrected chi connectivity index (χ3v) is 4.72. The van der Waals surface area contributed by atoms with Crippen molar-refractivity contribution < 1.29 is 13.9 Å². The van der Waals surface area contributed by atoms with E-state index in [1.165, 1.54) is 19.2 Å². The minimum absolute atomic E-state index is 0.126. The molecule has 4 rings (SSSR count). The number of methoxy groups -OCH3 is 1. The van der Waals surface area contributed by atoms with Crippen LogP contribution < -0.4 is 10.9 Å². The molecule has 2 heterocycles. The number of hydrogen-bond donors (Lipinski definition) is 1. The van der Waals surface area contributed by atoms with Gasteiger partial charge in [0.05, 0.1) is 35.8 Å². The Kier molecular flexibility index (Phi) is 4.71. The molecule has 8 nitrogen and oxygen atoms in total. The molecular formula is C20H18FN5O3. The first-order valence-electron chi connectivity index (χ1n) is 9.02. The van der Waals surface area contributed by atoms with Crippen molar-refractivity contribution >= 4 is 28.3 Å². The molecule has 4 aromatic rings. The molecule has 0 saturated heterocycles. The van der Waals surface area contributed by atoms with Crippen molar-refractivity contribution in [1.82, 2.24) is 19.2 Å². The van der Waals surface area contributed by atoms with Gasteiger partial charge in [-0.2, -0.15) is 0 Å². The summed E-state index contributed by atoms with van der Waals surface area (Å²) in [4.78, 5) is 24.2. The first-order valence-corrected chi connectivity index (χ1v) is 9.02. The van der Waals surface area contributed by atoms with E-state index < -0.39 is 11.8 Å². The molecule has 0 aliphatic heterocycles. The van der Waals surface area contributed by atoms with Gasteiger partial charge in [0, 0.05) is 6.54 Å². The van der Waals surface area contributed by atoms with Gasteiger partial charge < -0.3 is 10.1 Å². The van der Waals surface area contributed by atoms with E-state index in [9.17, 15) is 14.0 Å². The lowest BCUT2D eigenvalue weighted by atomic mass is 10.2. The third-order valence-electron chi connectivity index (χ3n) is 4.72. The maximum absolute atomic E-state index is 14.4. The number of ether oxygens (including phenoxy) is 1. The number of nitrogens with one attached hydrogen (secondary N) is 1. The number of aryl methyl sites for hydroxylation is 1. The Morgan fingerprint density at radius 2 is 2.00 bits per heavy atom. The number of rotatable bonds is 5. The zero-order chi connectivity index (χ0) is 20.5. The lowest BCUT2D eigenvalue weighted by Crippen LogP contribution is -2.23. The van der Waals surface area contributed by atoms with Crippen molar-refractivity contribution in [1.29, 1.82) is 0 Å². The fourth-order valence-electron chi connectivity index (χ4n) is 3.29. The smallest absolute Gasteiger partial charge is 0.337 e. The van der Waals surface area contributed by atoms with E-state index in [0.29, 0.717) is 29.0 Å². The fraction of sp³-hybridized carbons (Fsp3) is 0.200. The SMILES string of the molecule is CCn1c(=O)c2ccccc2n2c(CNc3ccc(C(=O)OC)cc3F)nnc12. The predicted molar refractivity (Wildman–Crippen MR) is 105 cm³/mol. The molecule has 0 unspecified atom stereocenters. The number of benzene rings is 2. The molecule has 0 aliphatic rings. The van der Waals surface area contributed by atoms with Gasteiger partial charge in [0.25, 0.3) is 5.56 Å². The number of esters is 1. The lowest BCUT2D eigenvalue weighted by Gasteiger charge is -2.11. The van der Waals surface area contributed by atoms with Crippen LogP contribution in [0.25, 0.3) is 16.7 Å². The molecule has 0 aliphatic carbocycles. The number of halogens is 1. The molecule has 0 bridgehead atoms. The highest BCUT2D eigenvalue weighted by Crippen LogP contribution is 2.19. The number of hydrogen-bond acceptors (Lipinski definition) is 6. The molecule has 1 N–H and O–H groups in total. The highest BCUT2D eigenvalue weighted by molar-refractivity contribution is 5.89. The summed E-state index contributed by atoms with van der Waals surface area (Å²) in [5.41, 5.74) is 0.886. The van der Waals surface area contributed by atoms with Crippen molar-refractivity contribution in [2.45, 2.75) is 20.0 Å². The van der Waals surface area contributed by atoms with Crippen molar-refractivity contribution in [2.75, 3.05) is 12.4 Å². The van der Waals surface area contributed by atoms with Crippen molar-refractivity contribution in [3.8, 4) is 0 Å². The number of carbonyl (C=O) groups excluding carboxylic acids is 1. The summed E-state index contributed by atoms with van der Waals surface area (Å²) in [6, 6.07) is 11.3. The Hall–Kier alpha value is -3.75. The number of carbonyl (C=O) groups is 1. The van der Waals surface area contributed by atoms with Gasteiger partial charge in [-0.05, 0) is 37.3 Å². The predicted octanol–water partition coefficient (Wildman–Crippen LogP) is 2.60. The van der Waals surface area contributed by atoms with Crippen LogP contribution >= 0.6 is 0 Å². The molecule has 148 valence electrons. The average Bonchev–Trinajstić information content (AvgIpc) is 3.16. The topological polar surface area (TPSA) is 90.5 Å². The van der Waals surface area contributed by atoms with E-state index in [4.69, 9.17) is 0 Å². The summed E-state index contributed by atoms with van der Waals surface area (Å²) in [7, 11) is 1.24. The maximum Gasteiger partial charge on any atom is 0.337 e. The molecular weight excluding hydrogens is 377 g/mol. The van der Waals surface area contributed by atoms with E-state index in [1.807, 2.05) is 19.1 Å². The van der Waals surface area contributed by atoms with E-state index in [0.717, 1.165) is 6.07 Å². The van der Waals surface area contributed by atoms with Crippen LogP contribution in [0.4, 0.5) is 10.1 Å². The first kappa shape index (κ1) is 18.6. The van der Waals surface area contributed by atoms with Crippen LogP contribution in [0.5, 0.6) is 0 Å². The van der Waals surface area contributed by atoms with Crippen molar-refractivity contribution in [3.63, 3.8) is 0 Å². The van der Waals surface area contributed by atoms with Crippen LogP contribution in [0.3, 0.4) is 0 Å². The summed E-state index contributed by atoms with van der Waals surface area (Å²) in [5, 5.41) is 11.9. The highest BCUT2D eigenvalue weighted by Gasteiger charge is 2.16. The fourth-order valence-corrected chi connectivity index (χ4v) is 3.29. The van der Waals surface area contributed by atoms with Gasteiger partial charge in [-0.15, -0.1) is 10.2 Å². The summed E-state index contributed by atoms with van der Waals surface area (Å²) in [6.45, 7) is 2.48. The molecule has 0 amide bonds. The largest absolute Gasteiger partial charge is 0.465 e. The molecule has 0 saturated carbocycles. The molecule has 2 aromatic heterocycles. The van der Waals surface area contributed by atoms with E-state index in [1.54, 1.807) is 21.1 Å². The van der Waals surface area contributed by atoms with Crippen LogP contribution in [0.2, 0.25) is 0 Å². The summed E-state index contributed by atoms with van der Waals surface area (Å²) in [6.07, 6.45) is 0. The number of nitrogens with zero attached hydrogens (tertiary/aromatic N) is 4. The Labute approximate surface area is 164 Å². The molecule has 0 radical (unpaired) electrons. The van der Waals surface area contributed by atoms with E-state index in [2.05, 4.69) is 20.3 Å². The Bertz CT molecular complexity index is 1290. The first-order chi connectivity index (χ1) is 14.0. The Balaban J connectivity index is 1.74. The summed E-state index contributed by atoms with van der Waals surface area (Å²) >= 11 is 0. The average molecular weight is 395 g/mol. The second kappa shape index (κ2) is 7.34. The zero-order valence-electron chi connectivity index (χ0n) is 15.8. The van der Waals surface area contributed by atoms with Gasteiger partial charge in [0.15, 0.2) is 5.82 Å². The quantitative estimate of drug-likeness (QED) is 0.523. The second-order valence-electron chi connectivity index (χ2n) is 6.36. The number of para-hydroxylation sites is 1. The molecule has 0 fully saturated rings. The highest BCUT2D eigenvalue weighted by atomic mass is 19.1. The van der Waals surface area contributed by atoms with E-state index in [-0.39, 0.29) is 23.4 Å². The normalized spacial score (nSPS) is 11.1. The van der Waals surface area contributed by atoms with Gasteiger partial charge in [0.1, 0.15) is 5.82 Å². The number of aromatic nitrogens is 4. The van der Waals surface area contributed by atoms with Crippen LogP contribution in [0, 0.1) is 5.82 Å². The molecule has 9 heteroatoms.